The summed E-state index contributed by atoms with van der Waals surface area (Å²) in [6, 6.07) is 56.1. The van der Waals surface area contributed by atoms with Crippen LogP contribution in [-0.4, -0.2) is 4.98 Å². The van der Waals surface area contributed by atoms with Gasteiger partial charge in [-0.3, -0.25) is 4.98 Å². The predicted octanol–water partition coefficient (Wildman–Crippen LogP) is 13.4. The van der Waals surface area contributed by atoms with Gasteiger partial charge in [0.05, 0.1) is 16.7 Å². The normalized spacial score (nSPS) is 15.8. The molecule has 354 valence electrons. The Kier molecular flexibility index (Phi) is 9.38. The Labute approximate surface area is 426 Å². The molecule has 0 spiro atoms. The zero-order valence-electron chi connectivity index (χ0n) is 42.0. The average Bonchev–Trinajstić information content (AvgIpc) is 3.94. The fourth-order valence-corrected chi connectivity index (χ4v) is 12.9. The number of hydrogen-bond acceptors (Lipinski definition) is 4. The molecule has 0 saturated carbocycles. The molecule has 0 atom stereocenters. The highest BCUT2D eigenvalue weighted by Crippen LogP contribution is 2.56. The first kappa shape index (κ1) is 43.4. The summed E-state index contributed by atoms with van der Waals surface area (Å²) >= 11 is 0. The highest BCUT2D eigenvalue weighted by molar-refractivity contribution is 5.97. The quantitative estimate of drug-likeness (QED) is 0.166. The first-order valence-corrected chi connectivity index (χ1v) is 25.5. The fraction of sp³-hybridized carbons (Fsp3) is 0.182. The van der Waals surface area contributed by atoms with E-state index in [1.54, 1.807) is 0 Å². The van der Waals surface area contributed by atoms with Crippen LogP contribution in [0.5, 0.6) is 17.2 Å². The Bertz CT molecular complexity index is 3950. The Morgan fingerprint density at radius 2 is 0.973 bits per heavy atom. The lowest BCUT2D eigenvalue weighted by Gasteiger charge is -2.23. The summed E-state index contributed by atoms with van der Waals surface area (Å²) in [7, 11) is 0. The van der Waals surface area contributed by atoms with E-state index in [0.29, 0.717) is 20.2 Å². The van der Waals surface area contributed by atoms with E-state index in [-0.39, 0.29) is 16.2 Å². The van der Waals surface area contributed by atoms with Gasteiger partial charge in [-0.2, -0.15) is 13.7 Å². The number of nitrogens with zero attached hydrogens (tertiary/aromatic N) is 4. The Morgan fingerprint density at radius 3 is 1.66 bits per heavy atom. The minimum absolute atomic E-state index is 0.000910. The molecule has 0 unspecified atom stereocenters. The molecule has 73 heavy (non-hydrogen) atoms. The van der Waals surface area contributed by atoms with Crippen molar-refractivity contribution in [1.29, 1.82) is 0 Å². The van der Waals surface area contributed by atoms with Gasteiger partial charge >= 0.3 is 0 Å². The lowest BCUT2D eigenvalue weighted by Crippen LogP contribution is -2.42. The molecule has 6 aliphatic rings. The Hall–Kier alpha value is -8.42. The molecule has 7 heteroatoms. The Balaban J connectivity index is 0.000000102. The third-order valence-electron chi connectivity index (χ3n) is 16.5. The van der Waals surface area contributed by atoms with Crippen LogP contribution >= 0.6 is 0 Å². The summed E-state index contributed by atoms with van der Waals surface area (Å²) in [6.07, 6.45) is 10.3. The van der Waals surface area contributed by atoms with Crippen molar-refractivity contribution in [2.45, 2.75) is 78.0 Å². The topological polar surface area (TPSA) is 52.2 Å². The number of pyridine rings is 4. The van der Waals surface area contributed by atoms with Crippen LogP contribution in [0.3, 0.4) is 0 Å². The summed E-state index contributed by atoms with van der Waals surface area (Å²) in [6.45, 7) is 15.6. The summed E-state index contributed by atoms with van der Waals surface area (Å²) in [5, 5.41) is 2.56. The van der Waals surface area contributed by atoms with Gasteiger partial charge in [0.15, 0.2) is 18.6 Å². The Morgan fingerprint density at radius 1 is 0.411 bits per heavy atom. The number of fused-ring (bicyclic) bond motifs is 1. The van der Waals surface area contributed by atoms with Gasteiger partial charge in [0.1, 0.15) is 17.2 Å². The summed E-state index contributed by atoms with van der Waals surface area (Å²) in [5.41, 5.74) is 23.3. The number of rotatable bonds is 3. The van der Waals surface area contributed by atoms with Crippen molar-refractivity contribution in [2.75, 3.05) is 0 Å². The van der Waals surface area contributed by atoms with E-state index >= 15 is 0 Å². The average molecular weight is 952 g/mol. The molecular formula is C66H55N4O3+3. The molecule has 3 aliphatic heterocycles. The van der Waals surface area contributed by atoms with Crippen LogP contribution in [0.25, 0.3) is 77.9 Å². The zero-order valence-corrected chi connectivity index (χ0v) is 42.0. The van der Waals surface area contributed by atoms with E-state index in [2.05, 4.69) is 230 Å². The summed E-state index contributed by atoms with van der Waals surface area (Å²) in [5.74, 6) is 3.02. The van der Waals surface area contributed by atoms with Gasteiger partial charge < -0.3 is 14.2 Å². The summed E-state index contributed by atoms with van der Waals surface area (Å²) in [4.78, 5) is 4.30. The second-order valence-corrected chi connectivity index (χ2v) is 21.7. The van der Waals surface area contributed by atoms with Crippen molar-refractivity contribution >= 4 is 10.8 Å². The van der Waals surface area contributed by atoms with Crippen molar-refractivity contribution in [1.82, 2.24) is 4.98 Å². The molecule has 7 nitrogen and oxygen atoms in total. The van der Waals surface area contributed by atoms with Gasteiger partial charge in [-0.05, 0) is 86.6 Å². The van der Waals surface area contributed by atoms with E-state index in [9.17, 15) is 0 Å². The van der Waals surface area contributed by atoms with Gasteiger partial charge in [0, 0.05) is 68.1 Å². The molecule has 0 bridgehead atoms. The maximum atomic E-state index is 6.10. The molecule has 3 aliphatic carbocycles. The van der Waals surface area contributed by atoms with Gasteiger partial charge in [0.25, 0.3) is 20.2 Å². The molecule has 10 aromatic rings. The van der Waals surface area contributed by atoms with Crippen LogP contribution < -0.4 is 27.9 Å². The first-order chi connectivity index (χ1) is 35.5. The second-order valence-electron chi connectivity index (χ2n) is 21.7. The molecule has 7 heterocycles. The minimum Gasteiger partial charge on any atom is -0.435 e. The van der Waals surface area contributed by atoms with Gasteiger partial charge in [-0.15, -0.1) is 0 Å². The van der Waals surface area contributed by atoms with Crippen LogP contribution in [0.2, 0.25) is 0 Å². The smallest absolute Gasteiger partial charge is 0.292 e. The van der Waals surface area contributed by atoms with Crippen LogP contribution in [0.1, 0.15) is 74.9 Å². The van der Waals surface area contributed by atoms with Gasteiger partial charge in [0.2, 0.25) is 17.1 Å². The number of ether oxygens (including phenoxy) is 3. The third kappa shape index (κ3) is 6.37. The van der Waals surface area contributed by atoms with Crippen molar-refractivity contribution in [3.05, 3.63) is 222 Å². The zero-order chi connectivity index (χ0) is 49.4. The standard InChI is InChI=1S/C25H20NO.C21H18NO.C20H17N2O/c1-25(2)20-11-6-12-22-23(20)24-21(25)13-17(14-26(24)15-27-22)19-10-5-8-16-7-3-4-9-18(16)19;1-21(2)16-9-6-10-18-19(16)20-17(21)11-15(12-22(20)13-23-18)14-7-4-3-5-8-14;1-20(2)15-6-4-10-22-12-23-16-8-7-14(13-5-3-9-21-11-13)18(20)17(16)19(15)22/h3-14H,15H2,1-2H3;3-12H,13H2,1-2H3;3-11H,12H2,1-2H3/q3*+1. The van der Waals surface area contributed by atoms with Crippen LogP contribution in [-0.2, 0) is 36.4 Å². The molecule has 16 rings (SSSR count). The van der Waals surface area contributed by atoms with E-state index < -0.39 is 0 Å². The molecular weight excluding hydrogens is 897 g/mol. The largest absolute Gasteiger partial charge is 0.435 e. The SMILES string of the molecule is CC1(C)c2ccc[n+]3c2-c2c(ccc(-c4cccnc4)c21)OC3.CC1(C)c2cccc3c2-c2c1cc(-c1cccc4ccccc14)c[n+]2CO3.CC1(C)c2cccc3c2-c2c1cc(-c1ccccc1)c[n+]2CO3. The molecule has 0 fully saturated rings. The van der Waals surface area contributed by atoms with Crippen LogP contribution in [0.15, 0.2) is 189 Å². The highest BCUT2D eigenvalue weighted by Gasteiger charge is 2.49. The molecule has 4 aromatic heterocycles. The number of hydrogen-bond donors (Lipinski definition) is 0. The predicted molar refractivity (Wildman–Crippen MR) is 286 cm³/mol. The van der Waals surface area contributed by atoms with Crippen LogP contribution in [0, 0.1) is 0 Å². The molecule has 0 amide bonds. The van der Waals surface area contributed by atoms with Crippen LogP contribution in [0.4, 0.5) is 0 Å². The minimum atomic E-state index is -0.0530. The summed E-state index contributed by atoms with van der Waals surface area (Å²) < 4.78 is 24.9. The first-order valence-electron chi connectivity index (χ1n) is 25.5. The van der Waals surface area contributed by atoms with E-state index in [1.165, 1.54) is 106 Å². The van der Waals surface area contributed by atoms with Crippen molar-refractivity contribution in [2.24, 2.45) is 0 Å². The molecule has 6 aromatic carbocycles. The lowest BCUT2D eigenvalue weighted by atomic mass is 9.79. The van der Waals surface area contributed by atoms with Crippen molar-refractivity contribution in [3.63, 3.8) is 0 Å². The molecule has 0 radical (unpaired) electrons. The fourth-order valence-electron chi connectivity index (χ4n) is 12.9. The van der Waals surface area contributed by atoms with Crippen molar-refractivity contribution < 1.29 is 27.9 Å². The van der Waals surface area contributed by atoms with Crippen molar-refractivity contribution in [3.8, 4) is 84.4 Å². The van der Waals surface area contributed by atoms with Gasteiger partial charge in [-0.25, -0.2) is 0 Å². The maximum Gasteiger partial charge on any atom is 0.292 e. The number of aromatic nitrogens is 4. The van der Waals surface area contributed by atoms with E-state index in [0.717, 1.165) is 22.8 Å². The number of benzene rings is 6. The second kappa shape index (κ2) is 15.8. The highest BCUT2D eigenvalue weighted by atomic mass is 16.5. The monoisotopic (exact) mass is 951 g/mol. The lowest BCUT2D eigenvalue weighted by molar-refractivity contribution is -0.717. The third-order valence-corrected chi connectivity index (χ3v) is 16.5. The maximum absolute atomic E-state index is 6.10. The van der Waals surface area contributed by atoms with E-state index in [4.69, 9.17) is 14.2 Å². The van der Waals surface area contributed by atoms with Gasteiger partial charge in [-0.1, -0.05) is 151 Å². The van der Waals surface area contributed by atoms with E-state index in [1.807, 2.05) is 18.5 Å². The molecule has 0 N–H and O–H groups in total. The molecule has 0 saturated heterocycles.